The minimum atomic E-state index is -4.40. The Morgan fingerprint density at radius 1 is 1.17 bits per heavy atom. The predicted molar refractivity (Wildman–Crippen MR) is 103 cm³/mol. The van der Waals surface area contributed by atoms with Gasteiger partial charge in [-0.25, -0.2) is 4.79 Å². The smallest absolute Gasteiger partial charge is 0.416 e. The highest BCUT2D eigenvalue weighted by Crippen LogP contribution is 2.29. The summed E-state index contributed by atoms with van der Waals surface area (Å²) in [7, 11) is 0. The number of aromatic hydroxyl groups is 1. The van der Waals surface area contributed by atoms with Crippen LogP contribution < -0.4 is 5.32 Å². The molecule has 0 aliphatic carbocycles. The molecule has 3 amide bonds. The van der Waals surface area contributed by atoms with E-state index >= 15 is 0 Å². The van der Waals surface area contributed by atoms with E-state index in [9.17, 15) is 27.9 Å². The van der Waals surface area contributed by atoms with Gasteiger partial charge in [0.25, 0.3) is 0 Å². The normalized spacial score (nSPS) is 15.8. The summed E-state index contributed by atoms with van der Waals surface area (Å²) >= 11 is 0. The first-order chi connectivity index (χ1) is 14.1. The lowest BCUT2D eigenvalue weighted by Gasteiger charge is -2.35. The minimum absolute atomic E-state index is 0.0978. The lowest BCUT2D eigenvalue weighted by molar-refractivity contribution is -0.138. The zero-order valence-corrected chi connectivity index (χ0v) is 16.3. The molecule has 3 rings (SSSR count). The molecular weight excluding hydrogens is 399 g/mol. The number of phenolic OH excluding ortho intramolecular Hbond substituents is 1. The lowest BCUT2D eigenvalue weighted by atomic mass is 10.1. The van der Waals surface area contributed by atoms with Crippen molar-refractivity contribution in [2.45, 2.75) is 25.7 Å². The van der Waals surface area contributed by atoms with Gasteiger partial charge in [0.05, 0.1) is 11.6 Å². The molecule has 30 heavy (non-hydrogen) atoms. The van der Waals surface area contributed by atoms with Gasteiger partial charge in [-0.1, -0.05) is 24.3 Å². The molecule has 0 radical (unpaired) electrons. The summed E-state index contributed by atoms with van der Waals surface area (Å²) in [5, 5.41) is 12.4. The van der Waals surface area contributed by atoms with Crippen LogP contribution in [0.5, 0.6) is 5.75 Å². The van der Waals surface area contributed by atoms with Crippen LogP contribution in [-0.4, -0.2) is 46.5 Å². The predicted octanol–water partition coefficient (Wildman–Crippen LogP) is 3.53. The van der Waals surface area contributed by atoms with Crippen LogP contribution in [0.15, 0.2) is 48.5 Å². The summed E-state index contributed by atoms with van der Waals surface area (Å²) in [4.78, 5) is 27.8. The number of carbonyl (C=O) groups is 2. The third-order valence-electron chi connectivity index (χ3n) is 4.97. The van der Waals surface area contributed by atoms with Crippen molar-refractivity contribution in [1.82, 2.24) is 15.1 Å². The van der Waals surface area contributed by atoms with E-state index in [0.717, 1.165) is 17.7 Å². The number of alkyl halides is 3. The number of halogens is 3. The number of urea groups is 1. The fourth-order valence-corrected chi connectivity index (χ4v) is 3.22. The minimum Gasteiger partial charge on any atom is -0.508 e. The van der Waals surface area contributed by atoms with Crippen LogP contribution in [0.4, 0.5) is 18.0 Å². The quantitative estimate of drug-likeness (QED) is 0.794. The van der Waals surface area contributed by atoms with Gasteiger partial charge in [-0.2, -0.15) is 13.2 Å². The van der Waals surface area contributed by atoms with E-state index in [1.54, 1.807) is 25.1 Å². The second-order valence-electron chi connectivity index (χ2n) is 7.20. The molecule has 0 bridgehead atoms. The Morgan fingerprint density at radius 2 is 1.87 bits per heavy atom. The number of carbonyl (C=O) groups excluding carboxylic acids is 2. The molecule has 2 aromatic rings. The van der Waals surface area contributed by atoms with Crippen molar-refractivity contribution in [1.29, 1.82) is 0 Å². The first-order valence-electron chi connectivity index (χ1n) is 9.42. The van der Waals surface area contributed by atoms with Crippen LogP contribution in [0.2, 0.25) is 0 Å². The van der Waals surface area contributed by atoms with Gasteiger partial charge < -0.3 is 20.2 Å². The zero-order chi connectivity index (χ0) is 21.9. The largest absolute Gasteiger partial charge is 0.508 e. The maximum absolute atomic E-state index is 12.7. The van der Waals surface area contributed by atoms with Gasteiger partial charge in [-0.3, -0.25) is 4.79 Å². The second kappa shape index (κ2) is 8.64. The van der Waals surface area contributed by atoms with Crippen molar-refractivity contribution in [2.24, 2.45) is 0 Å². The van der Waals surface area contributed by atoms with E-state index in [0.29, 0.717) is 12.1 Å². The SMILES string of the molecule is C[C@@H](NC(=O)N1CCN(Cc2ccc(C(F)(F)F)cc2)C(=O)C1)c1cccc(O)c1. The Balaban J connectivity index is 1.54. The van der Waals surface area contributed by atoms with E-state index < -0.39 is 17.8 Å². The van der Waals surface area contributed by atoms with Gasteiger partial charge in [-0.05, 0) is 42.3 Å². The molecular formula is C21H22F3N3O3. The molecule has 1 aliphatic rings. The van der Waals surface area contributed by atoms with Gasteiger partial charge in [0.15, 0.2) is 0 Å². The monoisotopic (exact) mass is 421 g/mol. The number of amides is 3. The Morgan fingerprint density at radius 3 is 2.47 bits per heavy atom. The number of phenols is 1. The van der Waals surface area contributed by atoms with Crippen LogP contribution in [0.1, 0.15) is 29.7 Å². The van der Waals surface area contributed by atoms with Gasteiger partial charge >= 0.3 is 12.2 Å². The summed E-state index contributed by atoms with van der Waals surface area (Å²) in [6, 6.07) is 10.5. The molecule has 1 aliphatic heterocycles. The van der Waals surface area contributed by atoms with Crippen LogP contribution >= 0.6 is 0 Å². The molecule has 0 aromatic heterocycles. The molecule has 0 unspecified atom stereocenters. The molecule has 1 atom stereocenters. The number of hydrogen-bond donors (Lipinski definition) is 2. The average molecular weight is 421 g/mol. The van der Waals surface area contributed by atoms with E-state index in [1.165, 1.54) is 28.0 Å². The summed E-state index contributed by atoms with van der Waals surface area (Å²) in [5.41, 5.74) is 0.585. The third-order valence-corrected chi connectivity index (χ3v) is 4.97. The number of nitrogens with one attached hydrogen (secondary N) is 1. The molecule has 1 heterocycles. The van der Waals surface area contributed by atoms with Crippen LogP contribution in [-0.2, 0) is 17.5 Å². The standard InChI is InChI=1S/C21H22F3N3O3/c1-14(16-3-2-4-18(28)11-16)25-20(30)27-10-9-26(19(29)13-27)12-15-5-7-17(8-6-15)21(22,23)24/h2-8,11,14,28H,9-10,12-13H2,1H3,(H,25,30)/t14-/m1/s1. The van der Waals surface area contributed by atoms with Crippen molar-refractivity contribution < 1.29 is 27.9 Å². The number of hydrogen-bond acceptors (Lipinski definition) is 3. The van der Waals surface area contributed by atoms with Crippen molar-refractivity contribution in [3.8, 4) is 5.75 Å². The van der Waals surface area contributed by atoms with Gasteiger partial charge in [0, 0.05) is 19.6 Å². The van der Waals surface area contributed by atoms with Crippen molar-refractivity contribution in [3.05, 3.63) is 65.2 Å². The first-order valence-corrected chi connectivity index (χ1v) is 9.42. The highest BCUT2D eigenvalue weighted by atomic mass is 19.4. The Hall–Kier alpha value is -3.23. The molecule has 2 N–H and O–H groups in total. The van der Waals surface area contributed by atoms with Crippen LogP contribution in [0.3, 0.4) is 0 Å². The highest BCUT2D eigenvalue weighted by Gasteiger charge is 2.31. The average Bonchev–Trinajstić information content (AvgIpc) is 2.69. The van der Waals surface area contributed by atoms with Gasteiger partial charge in [0.1, 0.15) is 12.3 Å². The topological polar surface area (TPSA) is 72.9 Å². The van der Waals surface area contributed by atoms with Crippen LogP contribution in [0.25, 0.3) is 0 Å². The number of piperazine rings is 1. The summed E-state index contributed by atoms with van der Waals surface area (Å²) in [6.45, 7) is 2.44. The van der Waals surface area contributed by atoms with Gasteiger partial charge in [-0.15, -0.1) is 0 Å². The van der Waals surface area contributed by atoms with Gasteiger partial charge in [0.2, 0.25) is 5.91 Å². The Labute approximate surface area is 171 Å². The molecule has 0 spiro atoms. The van der Waals surface area contributed by atoms with E-state index in [1.807, 2.05) is 0 Å². The van der Waals surface area contributed by atoms with E-state index in [2.05, 4.69) is 5.32 Å². The summed E-state index contributed by atoms with van der Waals surface area (Å²) < 4.78 is 38.0. The van der Waals surface area contributed by atoms with Crippen molar-refractivity contribution in [2.75, 3.05) is 19.6 Å². The summed E-state index contributed by atoms with van der Waals surface area (Å²) in [6.07, 6.45) is -4.40. The Kier molecular flexibility index (Phi) is 6.19. The van der Waals surface area contributed by atoms with Crippen LogP contribution in [0, 0.1) is 0 Å². The fourth-order valence-electron chi connectivity index (χ4n) is 3.22. The van der Waals surface area contributed by atoms with Crippen molar-refractivity contribution >= 4 is 11.9 Å². The maximum atomic E-state index is 12.7. The van der Waals surface area contributed by atoms with E-state index in [4.69, 9.17) is 0 Å². The maximum Gasteiger partial charge on any atom is 0.416 e. The second-order valence-corrected chi connectivity index (χ2v) is 7.20. The summed E-state index contributed by atoms with van der Waals surface area (Å²) in [5.74, 6) is -0.179. The molecule has 0 saturated carbocycles. The molecule has 1 fully saturated rings. The third kappa shape index (κ3) is 5.22. The molecule has 1 saturated heterocycles. The van der Waals surface area contributed by atoms with E-state index in [-0.39, 0.29) is 37.3 Å². The fraction of sp³-hybridized carbons (Fsp3) is 0.333. The lowest BCUT2D eigenvalue weighted by Crippen LogP contribution is -2.54. The molecule has 6 nitrogen and oxygen atoms in total. The Bertz CT molecular complexity index is 916. The first kappa shape index (κ1) is 21.5. The highest BCUT2D eigenvalue weighted by molar-refractivity contribution is 5.85. The molecule has 9 heteroatoms. The number of benzene rings is 2. The van der Waals surface area contributed by atoms with Crippen molar-refractivity contribution in [3.63, 3.8) is 0 Å². The zero-order valence-electron chi connectivity index (χ0n) is 16.3. The number of rotatable bonds is 4. The number of nitrogens with zero attached hydrogens (tertiary/aromatic N) is 2. The molecule has 2 aromatic carbocycles. The molecule has 160 valence electrons.